The van der Waals surface area contributed by atoms with Gasteiger partial charge in [0.1, 0.15) is 0 Å². The average molecular weight is 484 g/mol. The van der Waals surface area contributed by atoms with Gasteiger partial charge in [0, 0.05) is 30.1 Å². The molecule has 0 radical (unpaired) electrons. The Kier molecular flexibility index (Phi) is 5.05. The van der Waals surface area contributed by atoms with Crippen LogP contribution in [0.2, 0.25) is 0 Å². The van der Waals surface area contributed by atoms with Crippen molar-refractivity contribution in [3.63, 3.8) is 0 Å². The number of rotatable bonds is 4. The van der Waals surface area contributed by atoms with Crippen molar-refractivity contribution in [2.24, 2.45) is 7.05 Å². The van der Waals surface area contributed by atoms with Crippen molar-refractivity contribution in [1.29, 1.82) is 0 Å². The van der Waals surface area contributed by atoms with Gasteiger partial charge in [-0.2, -0.15) is 5.10 Å². The highest BCUT2D eigenvalue weighted by molar-refractivity contribution is 9.11. The average Bonchev–Trinajstić information content (AvgIpc) is 2.67. The number of alkyl halides is 1. The molecule has 2 aromatic rings. The Morgan fingerprint density at radius 3 is 2.43 bits per heavy atom. The lowest BCUT2D eigenvalue weighted by Gasteiger charge is -2.11. The maximum Gasteiger partial charge on any atom is 0.271 e. The van der Waals surface area contributed by atoms with E-state index in [1.54, 1.807) is 11.7 Å². The van der Waals surface area contributed by atoms with Crippen molar-refractivity contribution in [2.75, 3.05) is 0 Å². The van der Waals surface area contributed by atoms with Crippen molar-refractivity contribution >= 4 is 53.5 Å². The number of aromatic nitrogens is 2. The summed E-state index contributed by atoms with van der Waals surface area (Å²) in [6, 6.07) is 2.80. The highest BCUT2D eigenvalue weighted by Crippen LogP contribution is 2.41. The molecule has 1 heterocycles. The van der Waals surface area contributed by atoms with Crippen LogP contribution in [0.3, 0.4) is 0 Å². The fourth-order valence-electron chi connectivity index (χ4n) is 1.81. The number of benzene rings is 1. The third-order valence-corrected chi connectivity index (χ3v) is 4.55. The maximum atomic E-state index is 10.8. The summed E-state index contributed by atoms with van der Waals surface area (Å²) in [7, 11) is 1.78. The summed E-state index contributed by atoms with van der Waals surface area (Å²) in [6.45, 7) is 1.89. The summed E-state index contributed by atoms with van der Waals surface area (Å²) in [4.78, 5) is 10.4. The Hall–Kier alpha value is -0.930. The molecule has 0 amide bonds. The Bertz CT molecular complexity index is 692. The first-order valence-electron chi connectivity index (χ1n) is 5.74. The van der Waals surface area contributed by atoms with E-state index in [1.165, 1.54) is 12.1 Å². The number of hydrogen-bond acceptors (Lipinski definition) is 4. The van der Waals surface area contributed by atoms with Crippen LogP contribution in [0.4, 0.5) is 5.69 Å². The van der Waals surface area contributed by atoms with Crippen LogP contribution in [0.5, 0.6) is 11.6 Å². The van der Waals surface area contributed by atoms with Crippen LogP contribution in [0.25, 0.3) is 0 Å². The molecule has 0 spiro atoms. The molecule has 0 N–H and O–H groups in total. The first-order valence-corrected chi connectivity index (χ1v) is 8.45. The summed E-state index contributed by atoms with van der Waals surface area (Å²) in [5.74, 6) is 1.05. The van der Waals surface area contributed by atoms with Crippen LogP contribution >= 0.6 is 47.8 Å². The molecule has 0 bridgehead atoms. The lowest BCUT2D eigenvalue weighted by Crippen LogP contribution is -1.98. The molecule has 0 fully saturated rings. The van der Waals surface area contributed by atoms with Crippen molar-refractivity contribution in [3.05, 3.63) is 42.4 Å². The second kappa shape index (κ2) is 6.45. The number of aryl methyl sites for hydroxylation is 2. The lowest BCUT2D eigenvalue weighted by molar-refractivity contribution is -0.385. The minimum absolute atomic E-state index is 0.0250. The van der Waals surface area contributed by atoms with Gasteiger partial charge >= 0.3 is 0 Å². The third-order valence-electron chi connectivity index (χ3n) is 2.82. The standard InChI is InChI=1S/C12H10Br3N3O3/c1-6-8(5-13)12(17(2)16-6)21-11-9(14)3-7(18(19)20)4-10(11)15/h3-4H,5H2,1-2H3. The molecule has 1 aromatic heterocycles. The summed E-state index contributed by atoms with van der Waals surface area (Å²) in [6.07, 6.45) is 0. The third kappa shape index (κ3) is 3.29. The van der Waals surface area contributed by atoms with E-state index >= 15 is 0 Å². The molecule has 21 heavy (non-hydrogen) atoms. The van der Waals surface area contributed by atoms with Crippen LogP contribution in [0, 0.1) is 17.0 Å². The van der Waals surface area contributed by atoms with E-state index in [4.69, 9.17) is 4.74 Å². The predicted molar refractivity (Wildman–Crippen MR) is 89.1 cm³/mol. The van der Waals surface area contributed by atoms with Gasteiger partial charge in [-0.15, -0.1) is 0 Å². The molecular formula is C12H10Br3N3O3. The molecule has 0 aliphatic heterocycles. The van der Waals surface area contributed by atoms with E-state index in [1.807, 2.05) is 6.92 Å². The van der Waals surface area contributed by atoms with E-state index in [2.05, 4.69) is 52.9 Å². The van der Waals surface area contributed by atoms with Gasteiger partial charge in [0.2, 0.25) is 5.88 Å². The molecule has 9 heteroatoms. The zero-order valence-electron chi connectivity index (χ0n) is 11.1. The van der Waals surface area contributed by atoms with Crippen LogP contribution in [0.1, 0.15) is 11.3 Å². The van der Waals surface area contributed by atoms with E-state index < -0.39 is 4.92 Å². The zero-order chi connectivity index (χ0) is 15.7. The summed E-state index contributed by atoms with van der Waals surface area (Å²) >= 11 is 10.0. The minimum Gasteiger partial charge on any atom is -0.437 e. The lowest BCUT2D eigenvalue weighted by atomic mass is 10.3. The quantitative estimate of drug-likeness (QED) is 0.354. The smallest absolute Gasteiger partial charge is 0.271 e. The van der Waals surface area contributed by atoms with Crippen LogP contribution in [-0.4, -0.2) is 14.7 Å². The Morgan fingerprint density at radius 1 is 1.38 bits per heavy atom. The van der Waals surface area contributed by atoms with E-state index in [-0.39, 0.29) is 5.69 Å². The molecule has 0 atom stereocenters. The van der Waals surface area contributed by atoms with E-state index in [0.717, 1.165) is 11.3 Å². The first kappa shape index (κ1) is 16.4. The van der Waals surface area contributed by atoms with Gasteiger partial charge in [-0.05, 0) is 38.8 Å². The largest absolute Gasteiger partial charge is 0.437 e. The Balaban J connectivity index is 2.48. The predicted octanol–water partition coefficient (Wildman–Crippen LogP) is 4.85. The van der Waals surface area contributed by atoms with Gasteiger partial charge in [-0.1, -0.05) is 15.9 Å². The van der Waals surface area contributed by atoms with Gasteiger partial charge in [-0.3, -0.25) is 10.1 Å². The number of ether oxygens (including phenoxy) is 1. The monoisotopic (exact) mass is 481 g/mol. The summed E-state index contributed by atoms with van der Waals surface area (Å²) in [5.41, 5.74) is 1.76. The van der Waals surface area contributed by atoms with Crippen molar-refractivity contribution in [1.82, 2.24) is 9.78 Å². The van der Waals surface area contributed by atoms with Crippen LogP contribution < -0.4 is 4.74 Å². The molecule has 0 aliphatic carbocycles. The normalized spacial score (nSPS) is 10.7. The maximum absolute atomic E-state index is 10.8. The number of halogens is 3. The summed E-state index contributed by atoms with van der Waals surface area (Å²) in [5, 5.41) is 15.7. The Labute approximate surface area is 146 Å². The van der Waals surface area contributed by atoms with Crippen molar-refractivity contribution in [3.8, 4) is 11.6 Å². The highest BCUT2D eigenvalue weighted by atomic mass is 79.9. The Morgan fingerprint density at radius 2 is 1.95 bits per heavy atom. The molecule has 0 unspecified atom stereocenters. The summed E-state index contributed by atoms with van der Waals surface area (Å²) < 4.78 is 8.51. The van der Waals surface area contributed by atoms with Crippen LogP contribution in [-0.2, 0) is 12.4 Å². The van der Waals surface area contributed by atoms with Gasteiger partial charge in [0.25, 0.3) is 5.69 Å². The zero-order valence-corrected chi connectivity index (χ0v) is 15.8. The number of non-ortho nitro benzene ring substituents is 1. The minimum atomic E-state index is -0.461. The topological polar surface area (TPSA) is 70.2 Å². The molecule has 6 nitrogen and oxygen atoms in total. The molecule has 112 valence electrons. The van der Waals surface area contributed by atoms with Gasteiger partial charge in [0.15, 0.2) is 5.75 Å². The van der Waals surface area contributed by atoms with Crippen LogP contribution in [0.15, 0.2) is 21.1 Å². The first-order chi connectivity index (χ1) is 9.85. The molecular weight excluding hydrogens is 474 g/mol. The fraction of sp³-hybridized carbons (Fsp3) is 0.250. The van der Waals surface area contributed by atoms with Gasteiger partial charge in [-0.25, -0.2) is 4.68 Å². The van der Waals surface area contributed by atoms with E-state index in [9.17, 15) is 10.1 Å². The van der Waals surface area contributed by atoms with Crippen molar-refractivity contribution < 1.29 is 9.66 Å². The van der Waals surface area contributed by atoms with Gasteiger partial charge in [0.05, 0.1) is 19.6 Å². The molecule has 0 saturated heterocycles. The number of nitro benzene ring substituents is 1. The van der Waals surface area contributed by atoms with E-state index in [0.29, 0.717) is 25.9 Å². The molecule has 0 aliphatic rings. The number of nitrogens with zero attached hydrogens (tertiary/aromatic N) is 3. The molecule has 2 rings (SSSR count). The van der Waals surface area contributed by atoms with Gasteiger partial charge < -0.3 is 4.74 Å². The second-order valence-corrected chi connectivity index (χ2v) is 6.49. The second-order valence-electron chi connectivity index (χ2n) is 4.22. The fourth-order valence-corrected chi connectivity index (χ4v) is 3.78. The SMILES string of the molecule is Cc1nn(C)c(Oc2c(Br)cc([N+](=O)[O-])cc2Br)c1CBr. The highest BCUT2D eigenvalue weighted by Gasteiger charge is 2.20. The number of hydrogen-bond donors (Lipinski definition) is 0. The number of nitro groups is 1. The molecule has 1 aromatic carbocycles. The van der Waals surface area contributed by atoms with Crippen molar-refractivity contribution in [2.45, 2.75) is 12.3 Å². The molecule has 0 saturated carbocycles.